The van der Waals surface area contributed by atoms with Crippen molar-refractivity contribution >= 4 is 5.91 Å². The van der Waals surface area contributed by atoms with Crippen molar-refractivity contribution in [1.82, 2.24) is 9.80 Å². The molecule has 0 bridgehead atoms. The first kappa shape index (κ1) is 17.2. The third kappa shape index (κ3) is 3.65. The molecule has 0 spiro atoms. The van der Waals surface area contributed by atoms with Gasteiger partial charge in [0.15, 0.2) is 0 Å². The Hall–Kier alpha value is -2.20. The van der Waals surface area contributed by atoms with Gasteiger partial charge in [-0.05, 0) is 49.5 Å². The topological polar surface area (TPSA) is 23.6 Å². The molecule has 0 radical (unpaired) electrons. The van der Waals surface area contributed by atoms with Crippen molar-refractivity contribution in [3.8, 4) is 0 Å². The number of benzene rings is 2. The van der Waals surface area contributed by atoms with Crippen molar-refractivity contribution < 1.29 is 9.18 Å². The highest BCUT2D eigenvalue weighted by Crippen LogP contribution is 2.25. The highest BCUT2D eigenvalue weighted by molar-refractivity contribution is 5.79. The summed E-state index contributed by atoms with van der Waals surface area (Å²) in [6.45, 7) is 3.91. The maximum absolute atomic E-state index is 13.8. The number of carbonyl (C=O) groups excluding carboxylic acids is 1. The highest BCUT2D eigenvalue weighted by atomic mass is 19.1. The van der Waals surface area contributed by atoms with E-state index in [-0.39, 0.29) is 11.7 Å². The van der Waals surface area contributed by atoms with Crippen LogP contribution in [0, 0.1) is 11.7 Å². The average Bonchev–Trinajstić information content (AvgIpc) is 2.69. The van der Waals surface area contributed by atoms with E-state index in [1.54, 1.807) is 6.07 Å². The minimum absolute atomic E-state index is 0.108. The molecule has 1 saturated heterocycles. The molecule has 0 aromatic heterocycles. The van der Waals surface area contributed by atoms with Gasteiger partial charge in [-0.1, -0.05) is 42.5 Å². The summed E-state index contributed by atoms with van der Waals surface area (Å²) in [7, 11) is 0. The molecule has 26 heavy (non-hydrogen) atoms. The van der Waals surface area contributed by atoms with E-state index < -0.39 is 0 Å². The molecule has 0 atom stereocenters. The molecule has 1 fully saturated rings. The molecule has 4 rings (SSSR count). The van der Waals surface area contributed by atoms with Gasteiger partial charge in [0, 0.05) is 31.1 Å². The number of piperidine rings is 1. The summed E-state index contributed by atoms with van der Waals surface area (Å²) in [4.78, 5) is 17.2. The molecule has 3 nitrogen and oxygen atoms in total. The Morgan fingerprint density at radius 2 is 1.65 bits per heavy atom. The molecule has 2 aromatic rings. The summed E-state index contributed by atoms with van der Waals surface area (Å²) in [5.41, 5.74) is 3.39. The molecule has 136 valence electrons. The van der Waals surface area contributed by atoms with Gasteiger partial charge in [0.05, 0.1) is 0 Å². The Bertz CT molecular complexity index is 783. The summed E-state index contributed by atoms with van der Waals surface area (Å²) >= 11 is 0. The van der Waals surface area contributed by atoms with Crippen LogP contribution in [0.4, 0.5) is 4.39 Å². The van der Waals surface area contributed by atoms with Crippen molar-refractivity contribution in [1.29, 1.82) is 0 Å². The molecule has 2 heterocycles. The van der Waals surface area contributed by atoms with Crippen molar-refractivity contribution in [3.05, 3.63) is 71.0 Å². The lowest BCUT2D eigenvalue weighted by molar-refractivity contribution is -0.138. The van der Waals surface area contributed by atoms with Gasteiger partial charge >= 0.3 is 0 Å². The number of carbonyl (C=O) groups is 1. The van der Waals surface area contributed by atoms with Crippen LogP contribution < -0.4 is 0 Å². The monoisotopic (exact) mass is 352 g/mol. The lowest BCUT2D eigenvalue weighted by atomic mass is 9.93. The first-order chi connectivity index (χ1) is 12.7. The SMILES string of the molecule is O=C(C1CCN(Cc2ccccc2F)CC1)N1CCc2ccccc2C1. The summed E-state index contributed by atoms with van der Waals surface area (Å²) in [6, 6.07) is 15.4. The van der Waals surface area contributed by atoms with Crippen molar-refractivity contribution in [2.24, 2.45) is 5.92 Å². The molecular formula is C22H25FN2O. The van der Waals surface area contributed by atoms with Gasteiger partial charge in [-0.25, -0.2) is 4.39 Å². The Balaban J connectivity index is 1.32. The van der Waals surface area contributed by atoms with Crippen LogP contribution in [-0.2, 0) is 24.3 Å². The van der Waals surface area contributed by atoms with Crippen LogP contribution in [0.25, 0.3) is 0 Å². The van der Waals surface area contributed by atoms with Gasteiger partial charge < -0.3 is 4.90 Å². The fourth-order valence-electron chi connectivity index (χ4n) is 4.15. The Kier molecular flexibility index (Phi) is 5.02. The molecule has 2 aromatic carbocycles. The van der Waals surface area contributed by atoms with E-state index in [0.29, 0.717) is 12.5 Å². The van der Waals surface area contributed by atoms with Crippen LogP contribution in [-0.4, -0.2) is 35.3 Å². The number of halogens is 1. The third-order valence-electron chi connectivity index (χ3n) is 5.73. The van der Waals surface area contributed by atoms with E-state index in [4.69, 9.17) is 0 Å². The van der Waals surface area contributed by atoms with Crippen LogP contribution in [0.3, 0.4) is 0 Å². The van der Waals surface area contributed by atoms with Gasteiger partial charge in [-0.15, -0.1) is 0 Å². The van der Waals surface area contributed by atoms with Crippen molar-refractivity contribution in [3.63, 3.8) is 0 Å². The number of fused-ring (bicyclic) bond motifs is 1. The number of likely N-dealkylation sites (tertiary alicyclic amines) is 1. The fraction of sp³-hybridized carbons (Fsp3) is 0.409. The first-order valence-corrected chi connectivity index (χ1v) is 9.52. The van der Waals surface area contributed by atoms with Crippen molar-refractivity contribution in [2.75, 3.05) is 19.6 Å². The van der Waals surface area contributed by atoms with Crippen LogP contribution in [0.15, 0.2) is 48.5 Å². The fourth-order valence-corrected chi connectivity index (χ4v) is 4.15. The zero-order valence-electron chi connectivity index (χ0n) is 15.0. The minimum atomic E-state index is -0.141. The summed E-state index contributed by atoms with van der Waals surface area (Å²) in [6.07, 6.45) is 2.69. The minimum Gasteiger partial charge on any atom is -0.338 e. The third-order valence-corrected chi connectivity index (χ3v) is 5.73. The molecule has 0 aliphatic carbocycles. The zero-order valence-corrected chi connectivity index (χ0v) is 15.0. The smallest absolute Gasteiger partial charge is 0.226 e. The van der Waals surface area contributed by atoms with Gasteiger partial charge in [0.25, 0.3) is 0 Å². The Morgan fingerprint density at radius 1 is 0.962 bits per heavy atom. The molecule has 0 saturated carbocycles. The number of hydrogen-bond donors (Lipinski definition) is 0. The van der Waals surface area contributed by atoms with Gasteiger partial charge in [-0.2, -0.15) is 0 Å². The highest BCUT2D eigenvalue weighted by Gasteiger charge is 2.30. The number of amides is 1. The number of rotatable bonds is 3. The molecule has 4 heteroatoms. The maximum Gasteiger partial charge on any atom is 0.226 e. The molecule has 0 N–H and O–H groups in total. The predicted octanol–water partition coefficient (Wildman–Crippen LogP) is 3.62. The lowest BCUT2D eigenvalue weighted by Gasteiger charge is -2.36. The lowest BCUT2D eigenvalue weighted by Crippen LogP contribution is -2.44. The number of nitrogens with zero attached hydrogens (tertiary/aromatic N) is 2. The van der Waals surface area contributed by atoms with E-state index in [1.807, 2.05) is 23.1 Å². The van der Waals surface area contributed by atoms with Crippen LogP contribution >= 0.6 is 0 Å². The first-order valence-electron chi connectivity index (χ1n) is 9.52. The van der Waals surface area contributed by atoms with E-state index >= 15 is 0 Å². The normalized spacial score (nSPS) is 18.6. The molecule has 0 unspecified atom stereocenters. The second kappa shape index (κ2) is 7.58. The quantitative estimate of drug-likeness (QED) is 0.842. The predicted molar refractivity (Wildman–Crippen MR) is 100.0 cm³/mol. The van der Waals surface area contributed by atoms with E-state index in [2.05, 4.69) is 23.1 Å². The average molecular weight is 352 g/mol. The Labute approximate surface area is 154 Å². The van der Waals surface area contributed by atoms with Crippen LogP contribution in [0.2, 0.25) is 0 Å². The molecule has 2 aliphatic rings. The molecule has 1 amide bonds. The second-order valence-corrected chi connectivity index (χ2v) is 7.42. The van der Waals surface area contributed by atoms with E-state index in [9.17, 15) is 9.18 Å². The van der Waals surface area contributed by atoms with Gasteiger partial charge in [0.1, 0.15) is 5.82 Å². The van der Waals surface area contributed by atoms with E-state index in [1.165, 1.54) is 17.2 Å². The van der Waals surface area contributed by atoms with Crippen LogP contribution in [0.5, 0.6) is 0 Å². The van der Waals surface area contributed by atoms with Gasteiger partial charge in [-0.3, -0.25) is 9.69 Å². The largest absolute Gasteiger partial charge is 0.338 e. The summed E-state index contributed by atoms with van der Waals surface area (Å²) < 4.78 is 13.8. The Morgan fingerprint density at radius 3 is 2.42 bits per heavy atom. The second-order valence-electron chi connectivity index (χ2n) is 7.42. The summed E-state index contributed by atoms with van der Waals surface area (Å²) in [5.74, 6) is 0.264. The zero-order chi connectivity index (χ0) is 17.9. The number of hydrogen-bond acceptors (Lipinski definition) is 2. The molecular weight excluding hydrogens is 327 g/mol. The van der Waals surface area contributed by atoms with Gasteiger partial charge in [0.2, 0.25) is 5.91 Å². The molecule has 2 aliphatic heterocycles. The standard InChI is InChI=1S/C22H25FN2O/c23-21-8-4-3-7-20(21)15-24-12-9-18(10-13-24)22(26)25-14-11-17-5-1-2-6-19(17)16-25/h1-8,18H,9-16H2. The van der Waals surface area contributed by atoms with E-state index in [0.717, 1.165) is 51.0 Å². The van der Waals surface area contributed by atoms with Crippen molar-refractivity contribution in [2.45, 2.75) is 32.4 Å². The summed E-state index contributed by atoms with van der Waals surface area (Å²) in [5, 5.41) is 0. The van der Waals surface area contributed by atoms with Crippen LogP contribution in [0.1, 0.15) is 29.5 Å². The maximum atomic E-state index is 13.8.